The van der Waals surface area contributed by atoms with Gasteiger partial charge in [-0.1, -0.05) is 12.2 Å². The van der Waals surface area contributed by atoms with Crippen LogP contribution in [0, 0.1) is 5.92 Å². The second kappa shape index (κ2) is 7.32. The van der Waals surface area contributed by atoms with Crippen LogP contribution in [-0.2, 0) is 20.8 Å². The molecule has 0 N–H and O–H groups in total. The summed E-state index contributed by atoms with van der Waals surface area (Å²) in [6, 6.07) is 3.14. The van der Waals surface area contributed by atoms with Crippen LogP contribution in [0.15, 0.2) is 35.3 Å². The van der Waals surface area contributed by atoms with Crippen LogP contribution in [0.5, 0.6) is 0 Å². The van der Waals surface area contributed by atoms with Crippen LogP contribution in [0.4, 0.5) is 0 Å². The first-order valence-electron chi connectivity index (χ1n) is 9.37. The van der Waals surface area contributed by atoms with E-state index in [1.54, 1.807) is 12.3 Å². The number of aromatic nitrogens is 2. The highest BCUT2D eigenvalue weighted by molar-refractivity contribution is 5.79. The summed E-state index contributed by atoms with van der Waals surface area (Å²) in [4.78, 5) is 26.6. The third-order valence-corrected chi connectivity index (χ3v) is 5.52. The van der Waals surface area contributed by atoms with Crippen molar-refractivity contribution in [3.8, 4) is 0 Å². The number of amides is 1. The summed E-state index contributed by atoms with van der Waals surface area (Å²) in [6.45, 7) is 2.65. The maximum absolute atomic E-state index is 12.8. The molecule has 26 heavy (non-hydrogen) atoms. The van der Waals surface area contributed by atoms with Crippen LogP contribution in [0.1, 0.15) is 25.7 Å². The largest absolute Gasteiger partial charge is 0.377 e. The maximum Gasteiger partial charge on any atom is 0.266 e. The third kappa shape index (κ3) is 3.59. The van der Waals surface area contributed by atoms with Gasteiger partial charge >= 0.3 is 0 Å². The lowest BCUT2D eigenvalue weighted by Gasteiger charge is -2.33. The lowest BCUT2D eigenvalue weighted by Crippen LogP contribution is -2.48. The second-order valence-electron chi connectivity index (χ2n) is 7.46. The van der Waals surface area contributed by atoms with Crippen molar-refractivity contribution in [1.82, 2.24) is 14.7 Å². The summed E-state index contributed by atoms with van der Waals surface area (Å²) in [5.41, 5.74) is -0.596. The van der Waals surface area contributed by atoms with Crippen molar-refractivity contribution in [2.45, 2.75) is 43.9 Å². The number of hydrogen-bond donors (Lipinski definition) is 0. The zero-order valence-electron chi connectivity index (χ0n) is 14.9. The Balaban J connectivity index is 1.43. The van der Waals surface area contributed by atoms with Crippen molar-refractivity contribution < 1.29 is 14.3 Å². The summed E-state index contributed by atoms with van der Waals surface area (Å²) < 4.78 is 13.6. The summed E-state index contributed by atoms with van der Waals surface area (Å²) in [6.07, 6.45) is 9.00. The number of carbonyl (C=O) groups is 1. The van der Waals surface area contributed by atoms with Gasteiger partial charge < -0.3 is 14.4 Å². The van der Waals surface area contributed by atoms with Crippen molar-refractivity contribution in [2.75, 3.05) is 26.3 Å². The average molecular weight is 359 g/mol. The van der Waals surface area contributed by atoms with E-state index in [1.165, 1.54) is 10.7 Å². The Morgan fingerprint density at radius 3 is 3.00 bits per heavy atom. The fourth-order valence-corrected chi connectivity index (χ4v) is 4.13. The molecule has 2 atom stereocenters. The molecule has 7 nitrogen and oxygen atoms in total. The van der Waals surface area contributed by atoms with Crippen LogP contribution in [0.25, 0.3) is 0 Å². The molecular weight excluding hydrogens is 334 g/mol. The zero-order valence-corrected chi connectivity index (χ0v) is 14.9. The van der Waals surface area contributed by atoms with Gasteiger partial charge in [0.1, 0.15) is 5.60 Å². The van der Waals surface area contributed by atoms with Crippen LogP contribution >= 0.6 is 0 Å². The molecule has 1 aromatic rings. The predicted molar refractivity (Wildman–Crippen MR) is 94.6 cm³/mol. The summed E-state index contributed by atoms with van der Waals surface area (Å²) in [7, 11) is 0. The molecule has 1 amide bonds. The van der Waals surface area contributed by atoms with Crippen molar-refractivity contribution in [3.05, 3.63) is 40.8 Å². The molecule has 7 heteroatoms. The number of ether oxygens (including phenoxy) is 2. The highest BCUT2D eigenvalue weighted by atomic mass is 16.6. The molecule has 4 rings (SSSR count). The van der Waals surface area contributed by atoms with Gasteiger partial charge in [0, 0.05) is 24.7 Å². The quantitative estimate of drug-likeness (QED) is 0.753. The van der Waals surface area contributed by atoms with Crippen LogP contribution < -0.4 is 5.56 Å². The van der Waals surface area contributed by atoms with Crippen LogP contribution in [0.2, 0.25) is 0 Å². The molecule has 0 radical (unpaired) electrons. The normalized spacial score (nSPS) is 29.4. The lowest BCUT2D eigenvalue weighted by molar-refractivity contribution is -0.140. The number of allylic oxidation sites excluding steroid dienone is 2. The second-order valence-corrected chi connectivity index (χ2v) is 7.46. The molecular formula is C19H25N3O4. The summed E-state index contributed by atoms with van der Waals surface area (Å²) in [5.74, 6) is 0.266. The van der Waals surface area contributed by atoms with Crippen LogP contribution in [0.3, 0.4) is 0 Å². The summed E-state index contributed by atoms with van der Waals surface area (Å²) in [5, 5.41) is 4.11. The van der Waals surface area contributed by atoms with E-state index in [9.17, 15) is 9.59 Å². The molecule has 3 heterocycles. The molecule has 1 spiro atoms. The minimum Gasteiger partial charge on any atom is -0.377 e. The highest BCUT2D eigenvalue weighted by Crippen LogP contribution is 2.34. The van der Waals surface area contributed by atoms with E-state index >= 15 is 0 Å². The molecule has 0 unspecified atom stereocenters. The van der Waals surface area contributed by atoms with Crippen LogP contribution in [-0.4, -0.2) is 58.6 Å². The Bertz CT molecular complexity index is 738. The van der Waals surface area contributed by atoms with Gasteiger partial charge in [-0.25, -0.2) is 4.68 Å². The first-order chi connectivity index (χ1) is 12.7. The molecule has 2 saturated heterocycles. The van der Waals surface area contributed by atoms with Gasteiger partial charge in [-0.2, -0.15) is 5.10 Å². The van der Waals surface area contributed by atoms with E-state index in [-0.39, 0.29) is 23.5 Å². The minimum absolute atomic E-state index is 0.0643. The Morgan fingerprint density at radius 1 is 1.35 bits per heavy atom. The fraction of sp³-hybridized carbons (Fsp3) is 0.632. The number of nitrogens with zero attached hydrogens (tertiary/aromatic N) is 3. The monoisotopic (exact) mass is 359 g/mol. The van der Waals surface area contributed by atoms with Gasteiger partial charge in [0.25, 0.3) is 5.56 Å². The smallest absolute Gasteiger partial charge is 0.266 e. The molecule has 1 aromatic heterocycles. The Morgan fingerprint density at radius 2 is 2.19 bits per heavy atom. The molecule has 0 aromatic carbocycles. The number of hydrogen-bond acceptors (Lipinski definition) is 5. The first-order valence-corrected chi connectivity index (χ1v) is 9.37. The fourth-order valence-electron chi connectivity index (χ4n) is 4.13. The zero-order chi connectivity index (χ0) is 18.0. The number of carbonyl (C=O) groups excluding carboxylic acids is 1. The highest BCUT2D eigenvalue weighted by Gasteiger charge is 2.44. The Hall–Kier alpha value is -1.99. The third-order valence-electron chi connectivity index (χ3n) is 5.52. The van der Waals surface area contributed by atoms with Crippen molar-refractivity contribution >= 4 is 5.91 Å². The topological polar surface area (TPSA) is 73.7 Å². The lowest BCUT2D eigenvalue weighted by atomic mass is 9.98. The van der Waals surface area contributed by atoms with E-state index in [4.69, 9.17) is 9.47 Å². The van der Waals surface area contributed by atoms with Gasteiger partial charge in [0.2, 0.25) is 5.91 Å². The van der Waals surface area contributed by atoms with E-state index < -0.39 is 5.60 Å². The van der Waals surface area contributed by atoms with E-state index in [1.807, 2.05) is 4.90 Å². The maximum atomic E-state index is 12.8. The Labute approximate surface area is 152 Å². The van der Waals surface area contributed by atoms with Gasteiger partial charge in [0.05, 0.1) is 32.4 Å². The SMILES string of the molecule is O=C(C1CC=CC1)N1CCOC[C@@]2(CC[C@@H](Cn3ncccc3=O)O2)C1. The van der Waals surface area contributed by atoms with E-state index in [0.717, 1.165) is 25.7 Å². The molecule has 2 fully saturated rings. The first kappa shape index (κ1) is 17.4. The molecule has 2 aliphatic heterocycles. The minimum atomic E-state index is -0.471. The van der Waals surface area contributed by atoms with Crippen molar-refractivity contribution in [3.63, 3.8) is 0 Å². The molecule has 1 aliphatic carbocycles. The molecule has 140 valence electrons. The summed E-state index contributed by atoms with van der Waals surface area (Å²) >= 11 is 0. The van der Waals surface area contributed by atoms with Crippen molar-refractivity contribution in [1.29, 1.82) is 0 Å². The standard InChI is InChI=1S/C19H25N3O4/c23-17-6-3-9-20-22(17)12-16-7-8-19(26-16)13-21(10-11-25-14-19)18(24)15-4-1-2-5-15/h1-3,6,9,15-16H,4-5,7-8,10-14H2/t16-,19+/m0/s1. The van der Waals surface area contributed by atoms with Gasteiger partial charge in [-0.05, 0) is 31.7 Å². The molecule has 3 aliphatic rings. The van der Waals surface area contributed by atoms with E-state index in [0.29, 0.717) is 32.8 Å². The predicted octanol–water partition coefficient (Wildman–Crippen LogP) is 0.986. The van der Waals surface area contributed by atoms with Gasteiger partial charge in [-0.15, -0.1) is 0 Å². The average Bonchev–Trinajstić information content (AvgIpc) is 3.25. The molecule has 0 saturated carbocycles. The van der Waals surface area contributed by atoms with Gasteiger partial charge in [-0.3, -0.25) is 9.59 Å². The van der Waals surface area contributed by atoms with Crippen molar-refractivity contribution in [2.24, 2.45) is 5.92 Å². The van der Waals surface area contributed by atoms with Gasteiger partial charge in [0.15, 0.2) is 0 Å². The Kier molecular flexibility index (Phi) is 4.91. The number of rotatable bonds is 3. The van der Waals surface area contributed by atoms with E-state index in [2.05, 4.69) is 17.3 Å². The molecule has 0 bridgehead atoms.